The zero-order valence-corrected chi connectivity index (χ0v) is 13.0. The molecule has 0 aromatic carbocycles. The fourth-order valence-corrected chi connectivity index (χ4v) is 3.23. The second kappa shape index (κ2) is 6.05. The molecule has 6 heteroatoms. The van der Waals surface area contributed by atoms with Gasteiger partial charge in [-0.1, -0.05) is 0 Å². The van der Waals surface area contributed by atoms with Crippen LogP contribution in [0.25, 0.3) is 0 Å². The van der Waals surface area contributed by atoms with E-state index in [1.807, 2.05) is 24.1 Å². The summed E-state index contributed by atoms with van der Waals surface area (Å²) in [5.74, 6) is 1.02. The summed E-state index contributed by atoms with van der Waals surface area (Å²) in [6.07, 6.45) is 6.29. The lowest BCUT2D eigenvalue weighted by Crippen LogP contribution is -2.41. The van der Waals surface area contributed by atoms with Crippen molar-refractivity contribution >= 4 is 5.96 Å². The number of nitrogens with one attached hydrogen (secondary N) is 1. The number of aliphatic imine (C=N–C) groups is 1. The van der Waals surface area contributed by atoms with Gasteiger partial charge in [-0.2, -0.15) is 5.10 Å². The maximum Gasteiger partial charge on any atom is 0.194 e. The maximum absolute atomic E-state index is 5.60. The van der Waals surface area contributed by atoms with E-state index in [1.54, 1.807) is 0 Å². The van der Waals surface area contributed by atoms with Crippen molar-refractivity contribution < 1.29 is 4.74 Å². The molecule has 116 valence electrons. The van der Waals surface area contributed by atoms with Gasteiger partial charge in [0.15, 0.2) is 5.96 Å². The van der Waals surface area contributed by atoms with Gasteiger partial charge in [0, 0.05) is 50.5 Å². The second-order valence-electron chi connectivity index (χ2n) is 6.17. The Labute approximate surface area is 126 Å². The van der Waals surface area contributed by atoms with Crippen molar-refractivity contribution in [2.75, 3.05) is 32.8 Å². The van der Waals surface area contributed by atoms with Gasteiger partial charge in [-0.25, -0.2) is 4.99 Å². The van der Waals surface area contributed by atoms with Crippen LogP contribution < -0.4 is 5.32 Å². The van der Waals surface area contributed by atoms with Crippen LogP contribution in [0.1, 0.15) is 25.3 Å². The normalized spacial score (nSPS) is 26.0. The fourth-order valence-electron chi connectivity index (χ4n) is 3.23. The second-order valence-corrected chi connectivity index (χ2v) is 6.17. The molecule has 1 unspecified atom stereocenters. The van der Waals surface area contributed by atoms with Crippen molar-refractivity contribution in [3.05, 3.63) is 18.0 Å². The molecule has 1 N–H and O–H groups in total. The average molecular weight is 291 g/mol. The van der Waals surface area contributed by atoms with Crippen molar-refractivity contribution in [1.82, 2.24) is 20.0 Å². The van der Waals surface area contributed by atoms with E-state index in [1.165, 1.54) is 12.8 Å². The summed E-state index contributed by atoms with van der Waals surface area (Å²) in [7, 11) is 1.93. The molecule has 1 spiro atoms. The molecule has 2 aliphatic rings. The minimum Gasteiger partial charge on any atom is -0.381 e. The Kier molecular flexibility index (Phi) is 4.14. The SMILES string of the molecule is CCNC(=NCc1cnn(C)c1)N1CCC2(CCOC2)C1. The van der Waals surface area contributed by atoms with Gasteiger partial charge >= 0.3 is 0 Å². The van der Waals surface area contributed by atoms with Crippen LogP contribution >= 0.6 is 0 Å². The first-order valence-corrected chi connectivity index (χ1v) is 7.79. The Morgan fingerprint density at radius 2 is 2.43 bits per heavy atom. The number of rotatable bonds is 3. The van der Waals surface area contributed by atoms with E-state index in [0.29, 0.717) is 12.0 Å². The number of guanidine groups is 1. The predicted molar refractivity (Wildman–Crippen MR) is 82.1 cm³/mol. The first kappa shape index (κ1) is 14.4. The predicted octanol–water partition coefficient (Wildman–Crippen LogP) is 0.998. The summed E-state index contributed by atoms with van der Waals surface area (Å²) < 4.78 is 7.42. The van der Waals surface area contributed by atoms with Crippen LogP contribution in [0.15, 0.2) is 17.4 Å². The number of nitrogens with zero attached hydrogens (tertiary/aromatic N) is 4. The highest BCUT2D eigenvalue weighted by Crippen LogP contribution is 2.38. The molecule has 0 amide bonds. The Morgan fingerprint density at radius 3 is 3.10 bits per heavy atom. The lowest BCUT2D eigenvalue weighted by atomic mass is 9.87. The molecule has 0 saturated carbocycles. The van der Waals surface area contributed by atoms with Gasteiger partial charge in [-0.15, -0.1) is 0 Å². The van der Waals surface area contributed by atoms with Gasteiger partial charge in [-0.05, 0) is 19.8 Å². The van der Waals surface area contributed by atoms with Crippen LogP contribution in [0.4, 0.5) is 0 Å². The van der Waals surface area contributed by atoms with E-state index >= 15 is 0 Å². The molecule has 2 saturated heterocycles. The molecule has 0 bridgehead atoms. The van der Waals surface area contributed by atoms with E-state index in [-0.39, 0.29) is 0 Å². The number of aromatic nitrogens is 2. The number of ether oxygens (including phenoxy) is 1. The number of likely N-dealkylation sites (tertiary alicyclic amines) is 1. The van der Waals surface area contributed by atoms with Gasteiger partial charge in [0.2, 0.25) is 0 Å². The van der Waals surface area contributed by atoms with E-state index in [4.69, 9.17) is 9.73 Å². The summed E-state index contributed by atoms with van der Waals surface area (Å²) in [4.78, 5) is 7.15. The van der Waals surface area contributed by atoms with Gasteiger partial charge in [0.25, 0.3) is 0 Å². The Hall–Kier alpha value is -1.56. The highest BCUT2D eigenvalue weighted by molar-refractivity contribution is 5.80. The van der Waals surface area contributed by atoms with Crippen molar-refractivity contribution in [3.63, 3.8) is 0 Å². The van der Waals surface area contributed by atoms with E-state index in [2.05, 4.69) is 22.2 Å². The summed E-state index contributed by atoms with van der Waals surface area (Å²) in [6.45, 7) is 7.64. The van der Waals surface area contributed by atoms with Crippen molar-refractivity contribution in [2.45, 2.75) is 26.3 Å². The molecule has 2 fully saturated rings. The van der Waals surface area contributed by atoms with Crippen molar-refractivity contribution in [1.29, 1.82) is 0 Å². The largest absolute Gasteiger partial charge is 0.381 e. The quantitative estimate of drug-likeness (QED) is 0.667. The third-order valence-electron chi connectivity index (χ3n) is 4.43. The van der Waals surface area contributed by atoms with Crippen LogP contribution in [0, 0.1) is 5.41 Å². The molecule has 6 nitrogen and oxygen atoms in total. The molecule has 3 heterocycles. The van der Waals surface area contributed by atoms with E-state index in [9.17, 15) is 0 Å². The molecule has 2 aliphatic heterocycles. The third kappa shape index (κ3) is 3.20. The van der Waals surface area contributed by atoms with Crippen LogP contribution in [0.2, 0.25) is 0 Å². The zero-order chi connectivity index (χ0) is 14.7. The summed E-state index contributed by atoms with van der Waals surface area (Å²) in [6, 6.07) is 0. The van der Waals surface area contributed by atoms with Crippen molar-refractivity contribution in [2.24, 2.45) is 17.5 Å². The summed E-state index contributed by atoms with van der Waals surface area (Å²) >= 11 is 0. The Balaban J connectivity index is 1.66. The molecular formula is C15H25N5O. The summed E-state index contributed by atoms with van der Waals surface area (Å²) in [5, 5.41) is 7.61. The fraction of sp³-hybridized carbons (Fsp3) is 0.733. The standard InChI is InChI=1S/C15H25N5O/c1-3-16-14(17-8-13-9-18-19(2)10-13)20-6-4-15(11-20)5-7-21-12-15/h9-10H,3-8,11-12H2,1-2H3,(H,16,17). The monoisotopic (exact) mass is 291 g/mol. The highest BCUT2D eigenvalue weighted by atomic mass is 16.5. The molecule has 0 radical (unpaired) electrons. The molecule has 0 aliphatic carbocycles. The van der Waals surface area contributed by atoms with Gasteiger partial charge in [0.1, 0.15) is 0 Å². The molecule has 21 heavy (non-hydrogen) atoms. The van der Waals surface area contributed by atoms with Crippen LogP contribution in [-0.4, -0.2) is 53.5 Å². The number of hydrogen-bond acceptors (Lipinski definition) is 3. The van der Waals surface area contributed by atoms with Crippen molar-refractivity contribution in [3.8, 4) is 0 Å². The summed E-state index contributed by atoms with van der Waals surface area (Å²) in [5.41, 5.74) is 1.51. The minimum atomic E-state index is 0.366. The smallest absolute Gasteiger partial charge is 0.194 e. The minimum absolute atomic E-state index is 0.366. The lowest BCUT2D eigenvalue weighted by Gasteiger charge is -2.24. The number of hydrogen-bond donors (Lipinski definition) is 1. The van der Waals surface area contributed by atoms with Gasteiger partial charge in [-0.3, -0.25) is 4.68 Å². The van der Waals surface area contributed by atoms with Crippen LogP contribution in [0.5, 0.6) is 0 Å². The molecule has 1 atom stereocenters. The number of aryl methyl sites for hydroxylation is 1. The Bertz CT molecular complexity index is 504. The first-order chi connectivity index (χ1) is 10.2. The van der Waals surface area contributed by atoms with Gasteiger partial charge < -0.3 is 15.0 Å². The maximum atomic E-state index is 5.60. The molecular weight excluding hydrogens is 266 g/mol. The van der Waals surface area contributed by atoms with Crippen LogP contribution in [0.3, 0.4) is 0 Å². The molecule has 1 aromatic heterocycles. The third-order valence-corrected chi connectivity index (χ3v) is 4.43. The highest BCUT2D eigenvalue weighted by Gasteiger charge is 2.42. The topological polar surface area (TPSA) is 54.7 Å². The first-order valence-electron chi connectivity index (χ1n) is 7.79. The Morgan fingerprint density at radius 1 is 1.52 bits per heavy atom. The lowest BCUT2D eigenvalue weighted by molar-refractivity contribution is 0.156. The molecule has 1 aromatic rings. The van der Waals surface area contributed by atoms with Crippen LogP contribution in [-0.2, 0) is 18.3 Å². The molecule has 3 rings (SSSR count). The van der Waals surface area contributed by atoms with Gasteiger partial charge in [0.05, 0.1) is 19.3 Å². The average Bonchev–Trinajstić information content (AvgIpc) is 3.19. The van der Waals surface area contributed by atoms with E-state index in [0.717, 1.165) is 44.4 Å². The van der Waals surface area contributed by atoms with E-state index < -0.39 is 0 Å². The zero-order valence-electron chi connectivity index (χ0n) is 13.0.